The molecule has 2 bridgehead atoms. The summed E-state index contributed by atoms with van der Waals surface area (Å²) < 4.78 is 0. The Morgan fingerprint density at radius 1 is 0.955 bits per heavy atom. The van der Waals surface area contributed by atoms with E-state index in [4.69, 9.17) is 5.26 Å². The van der Waals surface area contributed by atoms with Crippen molar-refractivity contribution in [2.75, 3.05) is 37.6 Å². The second-order valence-electron chi connectivity index (χ2n) is 13.7. The third-order valence-corrected chi connectivity index (χ3v) is 11.7. The second-order valence-corrected chi connectivity index (χ2v) is 14.8. The fourth-order valence-electron chi connectivity index (χ4n) is 7.88. The van der Waals surface area contributed by atoms with Gasteiger partial charge in [-0.05, 0) is 113 Å². The highest BCUT2D eigenvalue weighted by atomic mass is 32.1. The standard InChI is InChI=1S/C37H43N5OS/c1-24-19-25(2)21-27(20-24)34-31(13-14-40-15-17-41(18-16-40)28-7-5-26(23-38)6-8-28)32-22-33(44-35(32)39-34)37(3,4)36(43)42-29-9-10-30(42)12-11-29/h5-8,19-22,29-30,39H,9-18H2,1-4H3. The Morgan fingerprint density at radius 3 is 2.20 bits per heavy atom. The monoisotopic (exact) mass is 605 g/mol. The predicted molar refractivity (Wildman–Crippen MR) is 181 cm³/mol. The first-order chi connectivity index (χ1) is 21.2. The smallest absolute Gasteiger partial charge is 0.233 e. The number of benzene rings is 2. The molecule has 0 atom stereocenters. The highest BCUT2D eigenvalue weighted by Crippen LogP contribution is 2.44. The van der Waals surface area contributed by atoms with Gasteiger partial charge in [0.15, 0.2) is 0 Å². The van der Waals surface area contributed by atoms with Gasteiger partial charge in [-0.15, -0.1) is 11.3 Å². The van der Waals surface area contributed by atoms with Gasteiger partial charge in [0.05, 0.1) is 22.7 Å². The van der Waals surface area contributed by atoms with Crippen molar-refractivity contribution in [1.82, 2.24) is 14.8 Å². The van der Waals surface area contributed by atoms with Gasteiger partial charge in [0.1, 0.15) is 4.83 Å². The van der Waals surface area contributed by atoms with Crippen LogP contribution in [0.5, 0.6) is 0 Å². The number of carbonyl (C=O) groups excluding carboxylic acids is 1. The average molecular weight is 606 g/mol. The van der Waals surface area contributed by atoms with Crippen LogP contribution in [-0.4, -0.2) is 65.5 Å². The summed E-state index contributed by atoms with van der Waals surface area (Å²) in [5, 5.41) is 10.4. The number of aromatic amines is 1. The molecule has 3 fully saturated rings. The van der Waals surface area contributed by atoms with Crippen LogP contribution in [0.25, 0.3) is 21.5 Å². The van der Waals surface area contributed by atoms with Crippen LogP contribution in [0.3, 0.4) is 0 Å². The molecule has 3 aliphatic rings. The lowest BCUT2D eigenvalue weighted by molar-refractivity contribution is -0.137. The summed E-state index contributed by atoms with van der Waals surface area (Å²) in [6.07, 6.45) is 5.64. The van der Waals surface area contributed by atoms with Gasteiger partial charge in [-0.3, -0.25) is 9.69 Å². The second kappa shape index (κ2) is 11.4. The number of nitrogens with zero attached hydrogens (tertiary/aromatic N) is 4. The number of aryl methyl sites for hydroxylation is 2. The molecule has 7 heteroatoms. The van der Waals surface area contributed by atoms with E-state index in [1.54, 1.807) is 11.3 Å². The zero-order valence-electron chi connectivity index (χ0n) is 26.4. The largest absolute Gasteiger partial charge is 0.369 e. The number of aromatic nitrogens is 1. The van der Waals surface area contributed by atoms with Gasteiger partial charge in [-0.25, -0.2) is 0 Å². The summed E-state index contributed by atoms with van der Waals surface area (Å²) in [7, 11) is 0. The Balaban J connectivity index is 1.14. The number of rotatable bonds is 7. The van der Waals surface area contributed by atoms with Gasteiger partial charge in [0, 0.05) is 60.8 Å². The molecule has 5 heterocycles. The number of nitrogens with one attached hydrogen (secondary N) is 1. The van der Waals surface area contributed by atoms with Gasteiger partial charge in [0.25, 0.3) is 0 Å². The van der Waals surface area contributed by atoms with E-state index >= 15 is 0 Å². The van der Waals surface area contributed by atoms with E-state index in [0.29, 0.717) is 23.6 Å². The van der Waals surface area contributed by atoms with Crippen LogP contribution in [0.1, 0.15) is 66.7 Å². The molecule has 4 aromatic rings. The van der Waals surface area contributed by atoms with Crippen LogP contribution in [-0.2, 0) is 16.6 Å². The Hall–Kier alpha value is -3.60. The number of nitriles is 1. The molecule has 1 N–H and O–H groups in total. The van der Waals surface area contributed by atoms with Crippen molar-refractivity contribution in [3.05, 3.63) is 75.7 Å². The zero-order valence-corrected chi connectivity index (χ0v) is 27.3. The Kier molecular flexibility index (Phi) is 7.54. The Bertz CT molecular complexity index is 1690. The topological polar surface area (TPSA) is 66.4 Å². The third kappa shape index (κ3) is 5.22. The van der Waals surface area contributed by atoms with Crippen molar-refractivity contribution < 1.29 is 4.79 Å². The average Bonchev–Trinajstić information content (AvgIpc) is 3.80. The number of thiophene rings is 1. The van der Waals surface area contributed by atoms with Crippen LogP contribution < -0.4 is 4.90 Å². The van der Waals surface area contributed by atoms with E-state index in [1.807, 2.05) is 12.1 Å². The molecule has 3 aliphatic heterocycles. The Morgan fingerprint density at radius 2 is 1.59 bits per heavy atom. The number of piperazine rings is 1. The molecule has 44 heavy (non-hydrogen) atoms. The number of amides is 1. The van der Waals surface area contributed by atoms with Crippen molar-refractivity contribution in [3.63, 3.8) is 0 Å². The Labute approximate surface area is 265 Å². The minimum Gasteiger partial charge on any atom is -0.369 e. The minimum atomic E-state index is -0.533. The van der Waals surface area contributed by atoms with Crippen molar-refractivity contribution >= 4 is 33.1 Å². The van der Waals surface area contributed by atoms with Crippen molar-refractivity contribution in [2.24, 2.45) is 0 Å². The summed E-state index contributed by atoms with van der Waals surface area (Å²) in [4.78, 5) is 27.4. The van der Waals surface area contributed by atoms with Crippen LogP contribution >= 0.6 is 11.3 Å². The molecule has 6 nitrogen and oxygen atoms in total. The lowest BCUT2D eigenvalue weighted by Crippen LogP contribution is -2.47. The summed E-state index contributed by atoms with van der Waals surface area (Å²) in [5.74, 6) is 0.308. The quantitative estimate of drug-likeness (QED) is 0.242. The van der Waals surface area contributed by atoms with E-state index in [1.165, 1.54) is 74.4 Å². The SMILES string of the molecule is Cc1cc(C)cc(-c2[nH]c3sc(C(C)(C)C(=O)N4C5CCC4CC5)cc3c2CCN2CCN(c3ccc(C#N)cc3)CC2)c1. The summed E-state index contributed by atoms with van der Waals surface area (Å²) in [6.45, 7) is 13.6. The maximum atomic E-state index is 14.0. The summed E-state index contributed by atoms with van der Waals surface area (Å²) in [5.41, 5.74) is 7.75. The van der Waals surface area contributed by atoms with E-state index < -0.39 is 5.41 Å². The van der Waals surface area contributed by atoms with E-state index in [9.17, 15) is 4.79 Å². The molecular formula is C37H43N5OS. The predicted octanol–water partition coefficient (Wildman–Crippen LogP) is 7.18. The third-order valence-electron chi connectivity index (χ3n) is 10.4. The van der Waals surface area contributed by atoms with Crippen LogP contribution in [0.2, 0.25) is 0 Å². The van der Waals surface area contributed by atoms with E-state index in [0.717, 1.165) is 39.1 Å². The van der Waals surface area contributed by atoms with Crippen molar-refractivity contribution in [1.29, 1.82) is 5.26 Å². The van der Waals surface area contributed by atoms with Gasteiger partial charge in [0.2, 0.25) is 5.91 Å². The molecule has 1 amide bonds. The molecule has 2 aromatic carbocycles. The van der Waals surface area contributed by atoms with Crippen molar-refractivity contribution in [3.8, 4) is 17.3 Å². The molecule has 2 aromatic heterocycles. The van der Waals surface area contributed by atoms with Crippen molar-refractivity contribution in [2.45, 2.75) is 77.3 Å². The molecular weight excluding hydrogens is 563 g/mol. The van der Waals surface area contributed by atoms with Gasteiger partial charge < -0.3 is 14.8 Å². The first-order valence-corrected chi connectivity index (χ1v) is 17.1. The van der Waals surface area contributed by atoms with Crippen LogP contribution in [0.15, 0.2) is 48.5 Å². The maximum Gasteiger partial charge on any atom is 0.233 e. The fourth-order valence-corrected chi connectivity index (χ4v) is 9.07. The van der Waals surface area contributed by atoms with Gasteiger partial charge in [-0.2, -0.15) is 5.26 Å². The van der Waals surface area contributed by atoms with Crippen LogP contribution in [0.4, 0.5) is 5.69 Å². The van der Waals surface area contributed by atoms with E-state index in [-0.39, 0.29) is 0 Å². The molecule has 0 spiro atoms. The summed E-state index contributed by atoms with van der Waals surface area (Å²) >= 11 is 1.77. The maximum absolute atomic E-state index is 14.0. The molecule has 0 unspecified atom stereocenters. The number of anilines is 1. The van der Waals surface area contributed by atoms with Gasteiger partial charge in [-0.1, -0.05) is 17.2 Å². The molecule has 0 radical (unpaired) electrons. The first-order valence-electron chi connectivity index (χ1n) is 16.2. The lowest BCUT2D eigenvalue weighted by Gasteiger charge is -2.36. The lowest BCUT2D eigenvalue weighted by atomic mass is 9.88. The number of H-pyrrole nitrogens is 1. The highest BCUT2D eigenvalue weighted by Gasteiger charge is 2.47. The first kappa shape index (κ1) is 29.1. The molecule has 0 saturated carbocycles. The number of hydrogen-bond acceptors (Lipinski definition) is 5. The number of carbonyl (C=O) groups is 1. The molecule has 228 valence electrons. The number of hydrogen-bond donors (Lipinski definition) is 1. The highest BCUT2D eigenvalue weighted by molar-refractivity contribution is 7.19. The van der Waals surface area contributed by atoms with Gasteiger partial charge >= 0.3 is 0 Å². The zero-order chi connectivity index (χ0) is 30.6. The molecule has 7 rings (SSSR count). The number of fused-ring (bicyclic) bond motifs is 3. The van der Waals surface area contributed by atoms with E-state index in [2.05, 4.69) is 89.8 Å². The summed E-state index contributed by atoms with van der Waals surface area (Å²) in [6, 6.07) is 20.2. The normalized spacial score (nSPS) is 20.5. The van der Waals surface area contributed by atoms with Crippen LogP contribution in [0, 0.1) is 25.2 Å². The fraction of sp³-hybridized carbons (Fsp3) is 0.459. The molecule has 0 aliphatic carbocycles. The molecule has 3 saturated heterocycles. The minimum absolute atomic E-state index is 0.308.